The highest BCUT2D eigenvalue weighted by Crippen LogP contribution is 2.30. The van der Waals surface area contributed by atoms with E-state index in [0.717, 1.165) is 22.2 Å². The molecule has 22 heavy (non-hydrogen) atoms. The van der Waals surface area contributed by atoms with Gasteiger partial charge in [0.2, 0.25) is 0 Å². The summed E-state index contributed by atoms with van der Waals surface area (Å²) in [7, 11) is 0. The Morgan fingerprint density at radius 1 is 1.00 bits per heavy atom. The molecule has 2 aromatic carbocycles. The van der Waals surface area contributed by atoms with Gasteiger partial charge in [0.15, 0.2) is 0 Å². The molecule has 5 heteroatoms. The van der Waals surface area contributed by atoms with Gasteiger partial charge in [-0.15, -0.1) is 0 Å². The van der Waals surface area contributed by atoms with Crippen molar-refractivity contribution in [3.8, 4) is 5.75 Å². The third-order valence-electron chi connectivity index (χ3n) is 3.48. The van der Waals surface area contributed by atoms with Crippen LogP contribution in [0, 0.1) is 0 Å². The molecule has 0 aliphatic heterocycles. The number of hydrogen-bond acceptors (Lipinski definition) is 1. The number of benzene rings is 2. The molecule has 0 N–H and O–H groups in total. The Labute approximate surface area is 144 Å². The summed E-state index contributed by atoms with van der Waals surface area (Å²) in [5.74, 6) is 0.841. The minimum Gasteiger partial charge on any atom is -0.494 e. The summed E-state index contributed by atoms with van der Waals surface area (Å²) >= 11 is 18.6. The summed E-state index contributed by atoms with van der Waals surface area (Å²) < 4.78 is 7.54. The molecule has 0 bridgehead atoms. The van der Waals surface area contributed by atoms with Crippen molar-refractivity contribution in [2.75, 3.05) is 6.61 Å². The number of ether oxygens (including phenoxy) is 1. The van der Waals surface area contributed by atoms with Gasteiger partial charge >= 0.3 is 0 Å². The van der Waals surface area contributed by atoms with Crippen molar-refractivity contribution in [3.63, 3.8) is 0 Å². The third-order valence-corrected chi connectivity index (χ3v) is 4.38. The van der Waals surface area contributed by atoms with Crippen LogP contribution in [0.2, 0.25) is 15.2 Å². The molecule has 3 rings (SSSR count). The Morgan fingerprint density at radius 2 is 1.82 bits per heavy atom. The van der Waals surface area contributed by atoms with Gasteiger partial charge in [-0.3, -0.25) is 0 Å². The first-order chi connectivity index (χ1) is 10.6. The van der Waals surface area contributed by atoms with Gasteiger partial charge in [-0.1, -0.05) is 40.9 Å². The normalized spacial score (nSPS) is 11.1. The van der Waals surface area contributed by atoms with Crippen molar-refractivity contribution in [3.05, 3.63) is 63.2 Å². The van der Waals surface area contributed by atoms with E-state index in [-0.39, 0.29) is 0 Å². The average molecular weight is 355 g/mol. The highest BCUT2D eigenvalue weighted by molar-refractivity contribution is 6.35. The predicted octanol–water partition coefficient (Wildman–Crippen LogP) is 6.05. The average Bonchev–Trinajstić information content (AvgIpc) is 2.77. The van der Waals surface area contributed by atoms with Crippen molar-refractivity contribution in [1.29, 1.82) is 0 Å². The van der Waals surface area contributed by atoms with Crippen molar-refractivity contribution in [2.45, 2.75) is 13.5 Å². The van der Waals surface area contributed by atoms with E-state index in [9.17, 15) is 0 Å². The lowest BCUT2D eigenvalue weighted by molar-refractivity contribution is 0.340. The number of rotatable bonds is 4. The summed E-state index contributed by atoms with van der Waals surface area (Å²) in [6.07, 6.45) is 0. The van der Waals surface area contributed by atoms with Crippen LogP contribution in [0.3, 0.4) is 0 Å². The van der Waals surface area contributed by atoms with E-state index >= 15 is 0 Å². The van der Waals surface area contributed by atoms with Crippen molar-refractivity contribution < 1.29 is 4.74 Å². The summed E-state index contributed by atoms with van der Waals surface area (Å²) in [6.45, 7) is 3.19. The van der Waals surface area contributed by atoms with E-state index in [1.54, 1.807) is 6.07 Å². The van der Waals surface area contributed by atoms with Gasteiger partial charge < -0.3 is 9.30 Å². The summed E-state index contributed by atoms with van der Waals surface area (Å²) in [5.41, 5.74) is 2.01. The van der Waals surface area contributed by atoms with Crippen LogP contribution < -0.4 is 4.74 Å². The Balaban J connectivity index is 2.01. The van der Waals surface area contributed by atoms with Crippen LogP contribution in [0.25, 0.3) is 10.9 Å². The van der Waals surface area contributed by atoms with Crippen LogP contribution in [0.1, 0.15) is 12.5 Å². The van der Waals surface area contributed by atoms with Crippen LogP contribution in [0.4, 0.5) is 0 Å². The first kappa shape index (κ1) is 15.5. The second-order valence-electron chi connectivity index (χ2n) is 4.94. The molecule has 0 spiro atoms. The molecule has 0 aliphatic rings. The quantitative estimate of drug-likeness (QED) is 0.556. The topological polar surface area (TPSA) is 14.2 Å². The minimum atomic E-state index is 0.590. The molecule has 114 valence electrons. The maximum atomic E-state index is 6.38. The fourth-order valence-electron chi connectivity index (χ4n) is 2.45. The van der Waals surface area contributed by atoms with Gasteiger partial charge in [-0.05, 0) is 48.9 Å². The van der Waals surface area contributed by atoms with Gasteiger partial charge in [0.1, 0.15) is 10.9 Å². The molecule has 2 nitrogen and oxygen atoms in total. The minimum absolute atomic E-state index is 0.590. The van der Waals surface area contributed by atoms with E-state index in [4.69, 9.17) is 39.5 Å². The molecule has 0 saturated heterocycles. The van der Waals surface area contributed by atoms with Gasteiger partial charge in [-0.25, -0.2) is 0 Å². The highest BCUT2D eigenvalue weighted by atomic mass is 35.5. The summed E-state index contributed by atoms with van der Waals surface area (Å²) in [5, 5.41) is 2.96. The molecule has 0 atom stereocenters. The smallest absolute Gasteiger partial charge is 0.120 e. The molecule has 0 aliphatic carbocycles. The van der Waals surface area contributed by atoms with E-state index < -0.39 is 0 Å². The standard InChI is InChI=1S/C17H14Cl3NO/c1-2-22-14-5-6-16-12(7-14)8-17(20)21(16)10-11-3-4-13(18)9-15(11)19/h3-9H,2,10H2,1H3. The molecule has 0 amide bonds. The molecule has 3 aromatic rings. The van der Waals surface area contributed by atoms with Crippen LogP contribution in [-0.2, 0) is 6.54 Å². The van der Waals surface area contributed by atoms with Crippen molar-refractivity contribution in [1.82, 2.24) is 4.57 Å². The number of fused-ring (bicyclic) bond motifs is 1. The summed E-state index contributed by atoms with van der Waals surface area (Å²) in [6, 6.07) is 13.4. The lowest BCUT2D eigenvalue weighted by Crippen LogP contribution is -2.00. The van der Waals surface area contributed by atoms with E-state index in [1.165, 1.54) is 0 Å². The molecular weight excluding hydrogens is 341 g/mol. The lowest BCUT2D eigenvalue weighted by Gasteiger charge is -2.10. The monoisotopic (exact) mass is 353 g/mol. The zero-order chi connectivity index (χ0) is 15.7. The molecule has 1 heterocycles. The molecule has 0 unspecified atom stereocenters. The molecule has 0 radical (unpaired) electrons. The molecular formula is C17H14Cl3NO. The zero-order valence-corrected chi connectivity index (χ0v) is 14.2. The fourth-order valence-corrected chi connectivity index (χ4v) is 3.19. The Bertz CT molecular complexity index is 826. The maximum absolute atomic E-state index is 6.38. The van der Waals surface area contributed by atoms with Crippen LogP contribution in [0.5, 0.6) is 5.75 Å². The van der Waals surface area contributed by atoms with E-state index in [2.05, 4.69) is 0 Å². The van der Waals surface area contributed by atoms with Crippen LogP contribution in [0.15, 0.2) is 42.5 Å². The first-order valence-electron chi connectivity index (χ1n) is 6.94. The number of nitrogens with zero attached hydrogens (tertiary/aromatic N) is 1. The number of hydrogen-bond donors (Lipinski definition) is 0. The van der Waals surface area contributed by atoms with Gasteiger partial charge in [-0.2, -0.15) is 0 Å². The Kier molecular flexibility index (Phi) is 4.53. The number of aromatic nitrogens is 1. The van der Waals surface area contributed by atoms with E-state index in [0.29, 0.717) is 28.4 Å². The summed E-state index contributed by atoms with van der Waals surface area (Å²) in [4.78, 5) is 0. The third kappa shape index (κ3) is 3.05. The second-order valence-corrected chi connectivity index (χ2v) is 6.17. The van der Waals surface area contributed by atoms with Crippen LogP contribution in [-0.4, -0.2) is 11.2 Å². The van der Waals surface area contributed by atoms with Gasteiger partial charge in [0, 0.05) is 20.9 Å². The molecule has 0 saturated carbocycles. The fraction of sp³-hybridized carbons (Fsp3) is 0.176. The molecule has 1 aromatic heterocycles. The first-order valence-corrected chi connectivity index (χ1v) is 8.07. The number of halogens is 3. The van der Waals surface area contributed by atoms with Crippen LogP contribution >= 0.6 is 34.8 Å². The SMILES string of the molecule is CCOc1ccc2c(c1)cc(Cl)n2Cc1ccc(Cl)cc1Cl. The zero-order valence-electron chi connectivity index (χ0n) is 11.9. The largest absolute Gasteiger partial charge is 0.494 e. The highest BCUT2D eigenvalue weighted by Gasteiger charge is 2.10. The predicted molar refractivity (Wildman–Crippen MR) is 93.7 cm³/mol. The Hall–Kier alpha value is -1.35. The Morgan fingerprint density at radius 3 is 2.55 bits per heavy atom. The van der Waals surface area contributed by atoms with Crippen molar-refractivity contribution in [2.24, 2.45) is 0 Å². The lowest BCUT2D eigenvalue weighted by atomic mass is 10.2. The van der Waals surface area contributed by atoms with E-state index in [1.807, 2.05) is 47.9 Å². The maximum Gasteiger partial charge on any atom is 0.120 e. The second kappa shape index (κ2) is 6.41. The van der Waals surface area contributed by atoms with Gasteiger partial charge in [0.25, 0.3) is 0 Å². The van der Waals surface area contributed by atoms with Crippen molar-refractivity contribution >= 4 is 45.7 Å². The van der Waals surface area contributed by atoms with Gasteiger partial charge in [0.05, 0.1) is 13.2 Å². The molecule has 0 fully saturated rings.